The van der Waals surface area contributed by atoms with E-state index in [1.165, 1.54) is 23.4 Å². The lowest BCUT2D eigenvalue weighted by molar-refractivity contribution is -0.141. The highest BCUT2D eigenvalue weighted by molar-refractivity contribution is 5.86. The molecule has 0 aliphatic carbocycles. The number of hydrogen-bond donors (Lipinski definition) is 0. The molecule has 98 valence electrons. The number of rotatable bonds is 3. The van der Waals surface area contributed by atoms with Crippen LogP contribution in [0, 0.1) is 0 Å². The minimum Gasteiger partial charge on any atom is -0.468 e. The van der Waals surface area contributed by atoms with Crippen molar-refractivity contribution in [3.05, 3.63) is 48.0 Å². The summed E-state index contributed by atoms with van der Waals surface area (Å²) in [4.78, 5) is 13.7. The Morgan fingerprint density at radius 3 is 2.79 bits per heavy atom. The molecule has 1 heterocycles. The summed E-state index contributed by atoms with van der Waals surface area (Å²) in [5.41, 5.74) is 1.27. The minimum absolute atomic E-state index is 0.0704. The molecule has 1 aliphatic rings. The number of fused-ring (bicyclic) bond motifs is 1. The summed E-state index contributed by atoms with van der Waals surface area (Å²) in [6, 6.07) is 14.8. The monoisotopic (exact) mass is 255 g/mol. The van der Waals surface area contributed by atoms with Gasteiger partial charge >= 0.3 is 5.97 Å². The molecule has 3 heteroatoms. The summed E-state index contributed by atoms with van der Waals surface area (Å²) >= 11 is 0. The molecule has 2 aromatic rings. The van der Waals surface area contributed by atoms with Crippen LogP contribution < -0.4 is 0 Å². The first kappa shape index (κ1) is 12.2. The molecule has 19 heavy (non-hydrogen) atoms. The van der Waals surface area contributed by atoms with Crippen LogP contribution in [0.4, 0.5) is 0 Å². The standard InChI is InChI=1S/C16H17NO2/c1-11(17-10-15(17)16(18)19-2)13-9-5-7-12-6-3-4-8-14(12)13/h3-9,11,15H,10H2,1-2H3/t11-,15?,17?/m1/s1. The van der Waals surface area contributed by atoms with Gasteiger partial charge in [-0.3, -0.25) is 9.69 Å². The second-order valence-corrected chi connectivity index (χ2v) is 4.98. The largest absolute Gasteiger partial charge is 0.468 e. The SMILES string of the molecule is COC(=O)C1CN1[C@H](C)c1cccc2ccccc12. The molecule has 1 fully saturated rings. The number of nitrogens with zero attached hydrogens (tertiary/aromatic N) is 1. The van der Waals surface area contributed by atoms with Gasteiger partial charge in [-0.05, 0) is 23.3 Å². The summed E-state index contributed by atoms with van der Waals surface area (Å²) in [5, 5.41) is 2.50. The zero-order valence-electron chi connectivity index (χ0n) is 11.2. The van der Waals surface area contributed by atoms with Crippen LogP contribution in [0.3, 0.4) is 0 Å². The van der Waals surface area contributed by atoms with Gasteiger partial charge in [0.15, 0.2) is 0 Å². The highest BCUT2D eigenvalue weighted by Gasteiger charge is 2.44. The first-order chi connectivity index (χ1) is 9.22. The van der Waals surface area contributed by atoms with E-state index < -0.39 is 0 Å². The molecular weight excluding hydrogens is 238 g/mol. The maximum Gasteiger partial charge on any atom is 0.324 e. The highest BCUT2D eigenvalue weighted by atomic mass is 16.5. The van der Waals surface area contributed by atoms with Crippen molar-refractivity contribution in [3.63, 3.8) is 0 Å². The summed E-state index contributed by atoms with van der Waals surface area (Å²) in [7, 11) is 1.45. The number of esters is 1. The molecule has 3 atom stereocenters. The van der Waals surface area contributed by atoms with E-state index in [2.05, 4.69) is 48.2 Å². The number of ether oxygens (including phenoxy) is 1. The second-order valence-electron chi connectivity index (χ2n) is 4.98. The van der Waals surface area contributed by atoms with Gasteiger partial charge in [0.05, 0.1) is 7.11 Å². The van der Waals surface area contributed by atoms with Crippen molar-refractivity contribution < 1.29 is 9.53 Å². The molecule has 0 aromatic heterocycles. The Hall–Kier alpha value is -1.87. The molecule has 0 radical (unpaired) electrons. The third-order valence-corrected chi connectivity index (χ3v) is 3.89. The van der Waals surface area contributed by atoms with Crippen molar-refractivity contribution in [2.75, 3.05) is 13.7 Å². The van der Waals surface area contributed by atoms with Gasteiger partial charge in [0.1, 0.15) is 6.04 Å². The third kappa shape index (κ3) is 2.10. The zero-order chi connectivity index (χ0) is 13.4. The van der Waals surface area contributed by atoms with Crippen LogP contribution in [0.1, 0.15) is 18.5 Å². The molecule has 0 N–H and O–H groups in total. The lowest BCUT2D eigenvalue weighted by Crippen LogP contribution is -2.17. The molecule has 0 saturated carbocycles. The number of carbonyl (C=O) groups is 1. The Balaban J connectivity index is 1.91. The Morgan fingerprint density at radius 2 is 2.00 bits per heavy atom. The molecule has 0 amide bonds. The fourth-order valence-electron chi connectivity index (χ4n) is 2.72. The van der Waals surface area contributed by atoms with Crippen molar-refractivity contribution in [1.29, 1.82) is 0 Å². The highest BCUT2D eigenvalue weighted by Crippen LogP contribution is 2.35. The summed E-state index contributed by atoms with van der Waals surface area (Å²) in [6.07, 6.45) is 0. The van der Waals surface area contributed by atoms with Gasteiger partial charge in [-0.15, -0.1) is 0 Å². The van der Waals surface area contributed by atoms with Crippen molar-refractivity contribution in [3.8, 4) is 0 Å². The van der Waals surface area contributed by atoms with Gasteiger partial charge in [0, 0.05) is 12.6 Å². The summed E-state index contributed by atoms with van der Waals surface area (Å²) in [6.45, 7) is 2.93. The van der Waals surface area contributed by atoms with Crippen molar-refractivity contribution in [2.24, 2.45) is 0 Å². The van der Waals surface area contributed by atoms with Crippen molar-refractivity contribution >= 4 is 16.7 Å². The van der Waals surface area contributed by atoms with Crippen molar-refractivity contribution in [2.45, 2.75) is 19.0 Å². The quantitative estimate of drug-likeness (QED) is 0.624. The fraction of sp³-hybridized carbons (Fsp3) is 0.312. The number of carbonyl (C=O) groups excluding carboxylic acids is 1. The van der Waals surface area contributed by atoms with E-state index in [9.17, 15) is 4.79 Å². The molecule has 0 spiro atoms. The zero-order valence-corrected chi connectivity index (χ0v) is 11.2. The van der Waals surface area contributed by atoms with Crippen LogP contribution in [-0.2, 0) is 9.53 Å². The number of hydrogen-bond acceptors (Lipinski definition) is 3. The normalized spacial score (nSPS) is 23.1. The minimum atomic E-state index is -0.132. The Kier molecular flexibility index (Phi) is 2.99. The summed E-state index contributed by atoms with van der Waals surface area (Å²) < 4.78 is 4.80. The first-order valence-electron chi connectivity index (χ1n) is 6.53. The molecular formula is C16H17NO2. The fourth-order valence-corrected chi connectivity index (χ4v) is 2.72. The topological polar surface area (TPSA) is 29.3 Å². The van der Waals surface area contributed by atoms with E-state index in [4.69, 9.17) is 4.74 Å². The molecule has 2 aromatic carbocycles. The van der Waals surface area contributed by atoms with E-state index >= 15 is 0 Å². The van der Waals surface area contributed by atoms with E-state index in [-0.39, 0.29) is 18.1 Å². The van der Waals surface area contributed by atoms with E-state index in [0.717, 1.165) is 6.54 Å². The number of methoxy groups -OCH3 is 1. The Labute approximate surface area is 112 Å². The summed E-state index contributed by atoms with van der Waals surface area (Å²) in [5.74, 6) is -0.132. The lowest BCUT2D eigenvalue weighted by Gasteiger charge is -2.16. The number of benzene rings is 2. The Bertz CT molecular complexity index is 618. The molecule has 2 unspecified atom stereocenters. The van der Waals surface area contributed by atoms with Gasteiger partial charge in [-0.2, -0.15) is 0 Å². The maximum absolute atomic E-state index is 11.5. The van der Waals surface area contributed by atoms with Gasteiger partial charge in [-0.1, -0.05) is 42.5 Å². The van der Waals surface area contributed by atoms with Gasteiger partial charge < -0.3 is 4.74 Å². The molecule has 3 rings (SSSR count). The van der Waals surface area contributed by atoms with Crippen LogP contribution in [-0.4, -0.2) is 30.6 Å². The van der Waals surface area contributed by atoms with E-state index in [1.807, 2.05) is 6.07 Å². The van der Waals surface area contributed by atoms with Crippen LogP contribution in [0.2, 0.25) is 0 Å². The van der Waals surface area contributed by atoms with Crippen LogP contribution >= 0.6 is 0 Å². The average molecular weight is 255 g/mol. The molecule has 1 saturated heterocycles. The first-order valence-corrected chi connectivity index (χ1v) is 6.53. The lowest BCUT2D eigenvalue weighted by atomic mass is 10.00. The molecule has 3 nitrogen and oxygen atoms in total. The maximum atomic E-state index is 11.5. The smallest absolute Gasteiger partial charge is 0.324 e. The molecule has 1 aliphatic heterocycles. The van der Waals surface area contributed by atoms with Gasteiger partial charge in [0.2, 0.25) is 0 Å². The van der Waals surface area contributed by atoms with Gasteiger partial charge in [-0.25, -0.2) is 0 Å². The molecule has 0 bridgehead atoms. The average Bonchev–Trinajstić information content (AvgIpc) is 3.25. The van der Waals surface area contributed by atoms with Gasteiger partial charge in [0.25, 0.3) is 0 Å². The predicted molar refractivity (Wildman–Crippen MR) is 74.9 cm³/mol. The van der Waals surface area contributed by atoms with Crippen LogP contribution in [0.25, 0.3) is 10.8 Å². The predicted octanol–water partition coefficient (Wildman–Crippen LogP) is 2.76. The van der Waals surface area contributed by atoms with E-state index in [1.54, 1.807) is 0 Å². The van der Waals surface area contributed by atoms with E-state index in [0.29, 0.717) is 0 Å². The van der Waals surface area contributed by atoms with Crippen LogP contribution in [0.15, 0.2) is 42.5 Å². The van der Waals surface area contributed by atoms with Crippen molar-refractivity contribution in [1.82, 2.24) is 4.90 Å². The third-order valence-electron chi connectivity index (χ3n) is 3.89. The second kappa shape index (κ2) is 4.67. The Morgan fingerprint density at radius 1 is 1.26 bits per heavy atom. The van der Waals surface area contributed by atoms with Crippen LogP contribution in [0.5, 0.6) is 0 Å².